The minimum atomic E-state index is 0.0406. The number of hydrogen-bond donors (Lipinski definition) is 0. The number of Topliss-reactive ketones (excluding diaryl/α,β-unsaturated/α-hetero) is 1. The summed E-state index contributed by atoms with van der Waals surface area (Å²) < 4.78 is 7.73. The zero-order valence-electron chi connectivity index (χ0n) is 16.9. The average Bonchev–Trinajstić information content (AvgIpc) is 3.29. The molecule has 4 rings (SSSR count). The number of aryl methyl sites for hydroxylation is 2. The van der Waals surface area contributed by atoms with Gasteiger partial charge in [0.2, 0.25) is 0 Å². The molecular formula is C24H22N4O2S. The van der Waals surface area contributed by atoms with Crippen molar-refractivity contribution in [2.24, 2.45) is 0 Å². The van der Waals surface area contributed by atoms with Gasteiger partial charge in [-0.3, -0.25) is 9.78 Å². The SMILES string of the molecule is O=C(CSc1nncn1CCc1ccccn1)c1ccc(OCc2ccccc2)cc1. The van der Waals surface area contributed by atoms with Crippen LogP contribution in [0.15, 0.2) is 90.5 Å². The van der Waals surface area contributed by atoms with Crippen LogP contribution in [-0.4, -0.2) is 31.3 Å². The van der Waals surface area contributed by atoms with E-state index in [2.05, 4.69) is 15.2 Å². The van der Waals surface area contributed by atoms with E-state index in [-0.39, 0.29) is 5.78 Å². The van der Waals surface area contributed by atoms with Crippen molar-refractivity contribution in [3.63, 3.8) is 0 Å². The number of benzene rings is 2. The highest BCUT2D eigenvalue weighted by molar-refractivity contribution is 7.99. The Kier molecular flexibility index (Phi) is 7.08. The molecule has 0 aliphatic heterocycles. The molecular weight excluding hydrogens is 408 g/mol. The van der Waals surface area contributed by atoms with Crippen LogP contribution in [0.25, 0.3) is 0 Å². The number of aromatic nitrogens is 4. The van der Waals surface area contributed by atoms with Crippen molar-refractivity contribution in [2.75, 3.05) is 5.75 Å². The Morgan fingerprint density at radius 2 is 1.77 bits per heavy atom. The lowest BCUT2D eigenvalue weighted by molar-refractivity contribution is 0.102. The van der Waals surface area contributed by atoms with Crippen LogP contribution in [0, 0.1) is 0 Å². The molecule has 7 heteroatoms. The third-order valence-electron chi connectivity index (χ3n) is 4.67. The lowest BCUT2D eigenvalue weighted by atomic mass is 10.1. The first kappa shape index (κ1) is 20.8. The van der Waals surface area contributed by atoms with Crippen LogP contribution in [0.5, 0.6) is 5.75 Å². The van der Waals surface area contributed by atoms with Gasteiger partial charge < -0.3 is 9.30 Å². The summed E-state index contributed by atoms with van der Waals surface area (Å²) in [5.74, 6) is 1.08. The summed E-state index contributed by atoms with van der Waals surface area (Å²) in [4.78, 5) is 16.9. The molecule has 0 N–H and O–H groups in total. The van der Waals surface area contributed by atoms with Gasteiger partial charge in [0.15, 0.2) is 10.9 Å². The van der Waals surface area contributed by atoms with E-state index in [0.29, 0.717) is 24.5 Å². The minimum Gasteiger partial charge on any atom is -0.489 e. The topological polar surface area (TPSA) is 69.9 Å². The number of thioether (sulfide) groups is 1. The number of rotatable bonds is 10. The molecule has 156 valence electrons. The molecule has 0 atom stereocenters. The number of pyridine rings is 1. The van der Waals surface area contributed by atoms with Gasteiger partial charge in [-0.2, -0.15) is 0 Å². The Balaban J connectivity index is 1.27. The van der Waals surface area contributed by atoms with E-state index >= 15 is 0 Å². The lowest BCUT2D eigenvalue weighted by Gasteiger charge is -2.08. The number of carbonyl (C=O) groups excluding carboxylic acids is 1. The lowest BCUT2D eigenvalue weighted by Crippen LogP contribution is -2.06. The van der Waals surface area contributed by atoms with Crippen molar-refractivity contribution < 1.29 is 9.53 Å². The first-order chi connectivity index (χ1) is 15.3. The number of ketones is 1. The predicted octanol–water partition coefficient (Wildman–Crippen LogP) is 4.47. The normalized spacial score (nSPS) is 10.7. The van der Waals surface area contributed by atoms with Gasteiger partial charge in [-0.1, -0.05) is 48.2 Å². The predicted molar refractivity (Wildman–Crippen MR) is 120 cm³/mol. The van der Waals surface area contributed by atoms with Gasteiger partial charge in [-0.05, 0) is 42.0 Å². The second kappa shape index (κ2) is 10.5. The number of ether oxygens (including phenoxy) is 1. The smallest absolute Gasteiger partial charge is 0.191 e. The van der Waals surface area contributed by atoms with E-state index in [1.807, 2.05) is 65.2 Å². The van der Waals surface area contributed by atoms with Crippen molar-refractivity contribution in [2.45, 2.75) is 24.7 Å². The molecule has 0 unspecified atom stereocenters. The van der Waals surface area contributed by atoms with Crippen LogP contribution in [0.3, 0.4) is 0 Å². The second-order valence-electron chi connectivity index (χ2n) is 6.89. The highest BCUT2D eigenvalue weighted by atomic mass is 32.2. The number of nitrogens with zero attached hydrogens (tertiary/aromatic N) is 4. The molecule has 0 aliphatic rings. The molecule has 4 aromatic rings. The third kappa shape index (κ3) is 6.02. The van der Waals surface area contributed by atoms with Gasteiger partial charge in [0, 0.05) is 30.4 Å². The highest BCUT2D eigenvalue weighted by Crippen LogP contribution is 2.19. The molecule has 0 radical (unpaired) electrons. The summed E-state index contributed by atoms with van der Waals surface area (Å²) in [5, 5.41) is 8.86. The number of carbonyl (C=O) groups is 1. The first-order valence-electron chi connectivity index (χ1n) is 9.98. The largest absolute Gasteiger partial charge is 0.489 e. The summed E-state index contributed by atoms with van der Waals surface area (Å²) in [6.45, 7) is 1.21. The van der Waals surface area contributed by atoms with Crippen LogP contribution in [0.2, 0.25) is 0 Å². The standard InChI is InChI=1S/C24H22N4O2S/c29-23(20-9-11-22(12-10-20)30-16-19-6-2-1-3-7-19)17-31-24-27-26-18-28(24)15-13-21-8-4-5-14-25-21/h1-12,14,18H,13,15-17H2. The van der Waals surface area contributed by atoms with Gasteiger partial charge in [0.1, 0.15) is 18.7 Å². The van der Waals surface area contributed by atoms with Crippen LogP contribution in [-0.2, 0) is 19.6 Å². The molecule has 0 bridgehead atoms. The summed E-state index contributed by atoms with van der Waals surface area (Å²) in [6.07, 6.45) is 4.26. The summed E-state index contributed by atoms with van der Waals surface area (Å²) in [5.41, 5.74) is 2.77. The van der Waals surface area contributed by atoms with Gasteiger partial charge in [0.25, 0.3) is 0 Å². The van der Waals surface area contributed by atoms with Crippen molar-refractivity contribution in [3.05, 3.63) is 102 Å². The zero-order chi connectivity index (χ0) is 21.3. The molecule has 31 heavy (non-hydrogen) atoms. The van der Waals surface area contributed by atoms with Crippen molar-refractivity contribution in [1.29, 1.82) is 0 Å². The van der Waals surface area contributed by atoms with Crippen LogP contribution >= 0.6 is 11.8 Å². The van der Waals surface area contributed by atoms with Gasteiger partial charge in [0.05, 0.1) is 5.75 Å². The van der Waals surface area contributed by atoms with Crippen LogP contribution in [0.4, 0.5) is 0 Å². The fourth-order valence-corrected chi connectivity index (χ4v) is 3.82. The molecule has 0 fully saturated rings. The first-order valence-corrected chi connectivity index (χ1v) is 11.0. The van der Waals surface area contributed by atoms with E-state index < -0.39 is 0 Å². The maximum Gasteiger partial charge on any atom is 0.191 e. The average molecular weight is 431 g/mol. The maximum absolute atomic E-state index is 12.6. The van der Waals surface area contributed by atoms with E-state index in [4.69, 9.17) is 4.74 Å². The molecule has 2 aromatic heterocycles. The van der Waals surface area contributed by atoms with Gasteiger partial charge >= 0.3 is 0 Å². The third-order valence-corrected chi connectivity index (χ3v) is 5.65. The summed E-state index contributed by atoms with van der Waals surface area (Å²) in [7, 11) is 0. The Hall–Kier alpha value is -3.45. The van der Waals surface area contributed by atoms with E-state index in [9.17, 15) is 4.79 Å². The van der Waals surface area contributed by atoms with Crippen molar-refractivity contribution in [3.8, 4) is 5.75 Å². The zero-order valence-corrected chi connectivity index (χ0v) is 17.7. The highest BCUT2D eigenvalue weighted by Gasteiger charge is 2.11. The van der Waals surface area contributed by atoms with E-state index in [1.54, 1.807) is 24.7 Å². The fraction of sp³-hybridized carbons (Fsp3) is 0.167. The molecule has 6 nitrogen and oxygen atoms in total. The summed E-state index contributed by atoms with van der Waals surface area (Å²) >= 11 is 1.39. The minimum absolute atomic E-state index is 0.0406. The fourth-order valence-electron chi connectivity index (χ4n) is 2.98. The van der Waals surface area contributed by atoms with E-state index in [0.717, 1.165) is 28.6 Å². The molecule has 0 amide bonds. The Morgan fingerprint density at radius 3 is 2.55 bits per heavy atom. The Labute approximate surface area is 185 Å². The number of hydrogen-bond acceptors (Lipinski definition) is 6. The quantitative estimate of drug-likeness (QED) is 0.273. The molecule has 2 heterocycles. The maximum atomic E-state index is 12.6. The van der Waals surface area contributed by atoms with E-state index in [1.165, 1.54) is 11.8 Å². The monoisotopic (exact) mass is 430 g/mol. The molecule has 2 aromatic carbocycles. The molecule has 0 saturated heterocycles. The van der Waals surface area contributed by atoms with Crippen LogP contribution < -0.4 is 4.74 Å². The van der Waals surface area contributed by atoms with Gasteiger partial charge in [-0.25, -0.2) is 0 Å². The summed E-state index contributed by atoms with van der Waals surface area (Å²) in [6, 6.07) is 23.1. The van der Waals surface area contributed by atoms with Crippen molar-refractivity contribution >= 4 is 17.5 Å². The van der Waals surface area contributed by atoms with Crippen molar-refractivity contribution in [1.82, 2.24) is 19.7 Å². The molecule has 0 saturated carbocycles. The molecule has 0 aliphatic carbocycles. The van der Waals surface area contributed by atoms with Crippen LogP contribution in [0.1, 0.15) is 21.6 Å². The second-order valence-corrected chi connectivity index (χ2v) is 7.83. The Morgan fingerprint density at radius 1 is 0.968 bits per heavy atom. The Bertz CT molecular complexity index is 1100. The van der Waals surface area contributed by atoms with Gasteiger partial charge in [-0.15, -0.1) is 10.2 Å². The molecule has 0 spiro atoms.